The number of esters is 1. The lowest BCUT2D eigenvalue weighted by molar-refractivity contribution is 0.0367. The molecule has 1 N–H and O–H groups in total. The van der Waals surface area contributed by atoms with Crippen molar-refractivity contribution in [2.75, 3.05) is 0 Å². The molecule has 16 heavy (non-hydrogen) atoms. The Bertz CT molecular complexity index is 324. The highest BCUT2D eigenvalue weighted by molar-refractivity contribution is 5.88. The summed E-state index contributed by atoms with van der Waals surface area (Å²) in [6.45, 7) is 7.31. The third-order valence-electron chi connectivity index (χ3n) is 1.60. The van der Waals surface area contributed by atoms with E-state index in [-0.39, 0.29) is 18.4 Å². The van der Waals surface area contributed by atoms with Crippen LogP contribution < -0.4 is 0 Å². The van der Waals surface area contributed by atoms with Crippen molar-refractivity contribution in [1.82, 2.24) is 4.98 Å². The number of nitrogens with zero attached hydrogens (tertiary/aromatic N) is 1. The van der Waals surface area contributed by atoms with Gasteiger partial charge in [-0.2, -0.15) is 0 Å². The number of aromatic nitrogens is 1. The van der Waals surface area contributed by atoms with Gasteiger partial charge in [0.25, 0.3) is 0 Å². The zero-order chi connectivity index (χ0) is 12.6. The number of carbonyl (C=O) groups excluding carboxylic acids is 1. The van der Waals surface area contributed by atoms with Crippen molar-refractivity contribution in [3.05, 3.63) is 29.6 Å². The van der Waals surface area contributed by atoms with Crippen molar-refractivity contribution in [3.63, 3.8) is 0 Å². The van der Waals surface area contributed by atoms with Gasteiger partial charge in [-0.25, -0.2) is 9.78 Å². The first-order valence-corrected chi connectivity index (χ1v) is 5.41. The summed E-state index contributed by atoms with van der Waals surface area (Å²) < 4.78 is 4.97. The van der Waals surface area contributed by atoms with Crippen LogP contribution in [0.5, 0.6) is 0 Å². The molecular weight excluding hydrogens is 206 g/mol. The van der Waals surface area contributed by atoms with Crippen LogP contribution in [-0.4, -0.2) is 22.2 Å². The molecule has 1 aromatic heterocycles. The van der Waals surface area contributed by atoms with Crippen LogP contribution in [0.2, 0.25) is 0 Å². The maximum atomic E-state index is 11.4. The number of rotatable bonds is 3. The van der Waals surface area contributed by atoms with Crippen molar-refractivity contribution in [1.29, 1.82) is 0 Å². The van der Waals surface area contributed by atoms with Crippen molar-refractivity contribution in [2.45, 2.75) is 40.4 Å². The fourth-order valence-corrected chi connectivity index (χ4v) is 1.02. The average Bonchev–Trinajstić information content (AvgIpc) is 2.30. The molecule has 4 nitrogen and oxygen atoms in total. The number of aliphatic hydroxyl groups is 1. The molecule has 90 valence electrons. The van der Waals surface area contributed by atoms with E-state index in [0.717, 1.165) is 0 Å². The summed E-state index contributed by atoms with van der Waals surface area (Å²) in [6, 6.07) is 3.31. The summed E-state index contributed by atoms with van der Waals surface area (Å²) in [5.74, 6) is -0.496. The standard InChI is InChI=1S/C10H13NO3.C2H6/c1-7(2)14-10(13)9-8(6-12)4-3-5-11-9;1-2/h3-5,7,12H,6H2,1-2H3;1-2H3. The maximum Gasteiger partial charge on any atom is 0.357 e. The van der Waals surface area contributed by atoms with Crippen molar-refractivity contribution >= 4 is 5.97 Å². The molecule has 0 unspecified atom stereocenters. The second kappa shape index (κ2) is 7.82. The monoisotopic (exact) mass is 225 g/mol. The topological polar surface area (TPSA) is 59.4 Å². The molecule has 0 atom stereocenters. The largest absolute Gasteiger partial charge is 0.458 e. The molecule has 0 amide bonds. The molecule has 0 aliphatic heterocycles. The minimum absolute atomic E-state index is 0.184. The van der Waals surface area contributed by atoms with E-state index < -0.39 is 5.97 Å². The fraction of sp³-hybridized carbons (Fsp3) is 0.500. The van der Waals surface area contributed by atoms with Crippen LogP contribution >= 0.6 is 0 Å². The van der Waals surface area contributed by atoms with Crippen LogP contribution in [0.3, 0.4) is 0 Å². The van der Waals surface area contributed by atoms with Gasteiger partial charge in [0, 0.05) is 11.8 Å². The first kappa shape index (κ1) is 14.6. The maximum absolute atomic E-state index is 11.4. The van der Waals surface area contributed by atoms with Gasteiger partial charge in [-0.15, -0.1) is 0 Å². The molecule has 4 heteroatoms. The lowest BCUT2D eigenvalue weighted by Gasteiger charge is -2.09. The molecule has 1 aromatic rings. The highest BCUT2D eigenvalue weighted by Crippen LogP contribution is 2.07. The van der Waals surface area contributed by atoms with Crippen LogP contribution in [-0.2, 0) is 11.3 Å². The molecule has 0 bridgehead atoms. The van der Waals surface area contributed by atoms with Crippen LogP contribution in [0.25, 0.3) is 0 Å². The highest BCUT2D eigenvalue weighted by Gasteiger charge is 2.14. The van der Waals surface area contributed by atoms with E-state index in [1.54, 1.807) is 26.0 Å². The number of hydrogen-bond acceptors (Lipinski definition) is 4. The zero-order valence-electron chi connectivity index (χ0n) is 10.2. The van der Waals surface area contributed by atoms with E-state index in [1.807, 2.05) is 13.8 Å². The van der Waals surface area contributed by atoms with Gasteiger partial charge in [0.05, 0.1) is 12.7 Å². The number of pyridine rings is 1. The van der Waals surface area contributed by atoms with E-state index in [4.69, 9.17) is 9.84 Å². The SMILES string of the molecule is CC.CC(C)OC(=O)c1ncccc1CO. The summed E-state index contributed by atoms with van der Waals surface area (Å²) in [5.41, 5.74) is 0.668. The Hall–Kier alpha value is -1.42. The van der Waals surface area contributed by atoms with E-state index in [0.29, 0.717) is 5.56 Å². The van der Waals surface area contributed by atoms with Crippen molar-refractivity contribution in [2.24, 2.45) is 0 Å². The second-order valence-electron chi connectivity index (χ2n) is 3.12. The van der Waals surface area contributed by atoms with Gasteiger partial charge in [-0.1, -0.05) is 19.9 Å². The lowest BCUT2D eigenvalue weighted by Crippen LogP contribution is -2.15. The molecular formula is C12H19NO3. The first-order chi connectivity index (χ1) is 7.65. The van der Waals surface area contributed by atoms with Gasteiger partial charge in [-0.3, -0.25) is 0 Å². The minimum Gasteiger partial charge on any atom is -0.458 e. The third-order valence-corrected chi connectivity index (χ3v) is 1.60. The molecule has 0 saturated heterocycles. The van der Waals surface area contributed by atoms with Gasteiger partial charge < -0.3 is 9.84 Å². The predicted octanol–water partition coefficient (Wildman–Crippen LogP) is 2.17. The number of hydrogen-bond donors (Lipinski definition) is 1. The summed E-state index contributed by atoms with van der Waals surface area (Å²) in [5, 5.41) is 8.95. The Morgan fingerprint density at radius 3 is 2.62 bits per heavy atom. The molecule has 0 aliphatic carbocycles. The summed E-state index contributed by atoms with van der Waals surface area (Å²) >= 11 is 0. The smallest absolute Gasteiger partial charge is 0.357 e. The molecule has 1 rings (SSSR count). The lowest BCUT2D eigenvalue weighted by atomic mass is 10.2. The Labute approximate surface area is 96.3 Å². The predicted molar refractivity (Wildman–Crippen MR) is 62.1 cm³/mol. The number of aliphatic hydroxyl groups excluding tert-OH is 1. The summed E-state index contributed by atoms with van der Waals surface area (Å²) in [4.78, 5) is 15.3. The van der Waals surface area contributed by atoms with Crippen LogP contribution in [0.15, 0.2) is 18.3 Å². The van der Waals surface area contributed by atoms with E-state index in [2.05, 4.69) is 4.98 Å². The zero-order valence-corrected chi connectivity index (χ0v) is 10.2. The molecule has 0 radical (unpaired) electrons. The van der Waals surface area contributed by atoms with E-state index in [1.165, 1.54) is 6.20 Å². The summed E-state index contributed by atoms with van der Waals surface area (Å²) in [7, 11) is 0. The van der Waals surface area contributed by atoms with Crippen molar-refractivity contribution < 1.29 is 14.6 Å². The number of carbonyl (C=O) groups is 1. The second-order valence-corrected chi connectivity index (χ2v) is 3.12. The van der Waals surface area contributed by atoms with Crippen LogP contribution in [0.4, 0.5) is 0 Å². The normalized spacial score (nSPS) is 9.38. The molecule has 0 aromatic carbocycles. The molecule has 0 saturated carbocycles. The van der Waals surface area contributed by atoms with Crippen LogP contribution in [0, 0.1) is 0 Å². The van der Waals surface area contributed by atoms with E-state index >= 15 is 0 Å². The Morgan fingerprint density at radius 1 is 1.50 bits per heavy atom. The van der Waals surface area contributed by atoms with Crippen molar-refractivity contribution in [3.8, 4) is 0 Å². The van der Waals surface area contributed by atoms with Gasteiger partial charge in [0.15, 0.2) is 5.69 Å². The summed E-state index contributed by atoms with van der Waals surface area (Å²) in [6.07, 6.45) is 1.31. The van der Waals surface area contributed by atoms with Gasteiger partial charge in [0.1, 0.15) is 0 Å². The quantitative estimate of drug-likeness (QED) is 0.801. The Morgan fingerprint density at radius 2 is 2.12 bits per heavy atom. The van der Waals surface area contributed by atoms with Gasteiger partial charge in [-0.05, 0) is 19.9 Å². The van der Waals surface area contributed by atoms with Gasteiger partial charge in [0.2, 0.25) is 0 Å². The Kier molecular flexibility index (Phi) is 7.12. The van der Waals surface area contributed by atoms with E-state index in [9.17, 15) is 4.79 Å². The third kappa shape index (κ3) is 4.40. The molecule has 0 aliphatic rings. The average molecular weight is 225 g/mol. The fourth-order valence-electron chi connectivity index (χ4n) is 1.02. The first-order valence-electron chi connectivity index (χ1n) is 5.41. The minimum atomic E-state index is -0.496. The van der Waals surface area contributed by atoms with Crippen LogP contribution in [0.1, 0.15) is 43.7 Å². The molecule has 0 fully saturated rings. The van der Waals surface area contributed by atoms with Gasteiger partial charge >= 0.3 is 5.97 Å². The highest BCUT2D eigenvalue weighted by atomic mass is 16.5. The number of ether oxygens (including phenoxy) is 1. The molecule has 1 heterocycles. The Balaban J connectivity index is 0.00000106. The molecule has 0 spiro atoms.